The maximum atomic E-state index is 12.9. The molecular formula is C63H109N2O6P. The van der Waals surface area contributed by atoms with E-state index in [1.165, 1.54) is 116 Å². The smallest absolute Gasteiger partial charge is 0.268 e. The molecule has 0 spiro atoms. The molecule has 72 heavy (non-hydrogen) atoms. The Bertz CT molecular complexity index is 1580. The van der Waals surface area contributed by atoms with E-state index in [4.69, 9.17) is 9.05 Å². The molecule has 0 aliphatic heterocycles. The topological polar surface area (TPSA) is 108 Å². The Morgan fingerprint density at radius 2 is 0.861 bits per heavy atom. The van der Waals surface area contributed by atoms with Gasteiger partial charge in [-0.2, -0.15) is 0 Å². The lowest BCUT2D eigenvalue weighted by atomic mass is 10.0. The van der Waals surface area contributed by atoms with E-state index in [0.717, 1.165) is 70.6 Å². The molecular weight excluding hydrogens is 912 g/mol. The molecule has 2 N–H and O–H groups in total. The molecule has 8 nitrogen and oxygen atoms in total. The Kier molecular flexibility index (Phi) is 50.5. The van der Waals surface area contributed by atoms with Crippen LogP contribution in [0.4, 0.5) is 0 Å². The molecule has 0 bridgehead atoms. The van der Waals surface area contributed by atoms with Crippen LogP contribution in [-0.4, -0.2) is 68.5 Å². The van der Waals surface area contributed by atoms with Gasteiger partial charge in [0.1, 0.15) is 13.2 Å². The second-order valence-electron chi connectivity index (χ2n) is 20.2. The number of carbonyl (C=O) groups is 1. The first-order valence-corrected chi connectivity index (χ1v) is 30.4. The third-order valence-electron chi connectivity index (χ3n) is 12.1. The Balaban J connectivity index is 4.42. The molecule has 3 unspecified atom stereocenters. The number of nitrogens with zero attached hydrogens (tertiary/aromatic N) is 1. The van der Waals surface area contributed by atoms with Crippen molar-refractivity contribution < 1.29 is 32.9 Å². The van der Waals surface area contributed by atoms with Crippen LogP contribution < -0.4 is 10.2 Å². The monoisotopic (exact) mass is 1020 g/mol. The molecule has 0 saturated carbocycles. The fourth-order valence-electron chi connectivity index (χ4n) is 7.64. The summed E-state index contributed by atoms with van der Waals surface area (Å²) in [6, 6.07) is -0.951. The van der Waals surface area contributed by atoms with E-state index in [9.17, 15) is 19.4 Å². The molecule has 9 heteroatoms. The highest BCUT2D eigenvalue weighted by molar-refractivity contribution is 7.45. The summed E-state index contributed by atoms with van der Waals surface area (Å²) in [4.78, 5) is 25.5. The molecule has 0 heterocycles. The molecule has 3 atom stereocenters. The summed E-state index contributed by atoms with van der Waals surface area (Å²) < 4.78 is 23.3. The largest absolute Gasteiger partial charge is 0.756 e. The Hall–Kier alpha value is -3.10. The van der Waals surface area contributed by atoms with Gasteiger partial charge in [-0.15, -0.1) is 0 Å². The summed E-state index contributed by atoms with van der Waals surface area (Å²) >= 11 is 0. The van der Waals surface area contributed by atoms with Gasteiger partial charge in [0, 0.05) is 6.42 Å². The van der Waals surface area contributed by atoms with Crippen LogP contribution in [0.5, 0.6) is 0 Å². The third kappa shape index (κ3) is 54.7. The van der Waals surface area contributed by atoms with Crippen LogP contribution in [0.2, 0.25) is 0 Å². The highest BCUT2D eigenvalue weighted by Gasteiger charge is 2.23. The van der Waals surface area contributed by atoms with Crippen LogP contribution in [0, 0.1) is 0 Å². The molecule has 0 aromatic rings. The van der Waals surface area contributed by atoms with Crippen molar-refractivity contribution in [2.75, 3.05) is 40.9 Å². The first-order valence-electron chi connectivity index (χ1n) is 28.9. The van der Waals surface area contributed by atoms with Gasteiger partial charge in [-0.1, -0.05) is 238 Å². The summed E-state index contributed by atoms with van der Waals surface area (Å²) in [5.74, 6) is -0.273. The molecule has 0 fully saturated rings. The molecule has 1 amide bonds. The minimum atomic E-state index is -4.64. The van der Waals surface area contributed by atoms with Crippen LogP contribution in [0.25, 0.3) is 0 Å². The van der Waals surface area contributed by atoms with Gasteiger partial charge in [0.25, 0.3) is 7.82 Å². The summed E-state index contributed by atoms with van der Waals surface area (Å²) in [5, 5.41) is 13.8. The van der Waals surface area contributed by atoms with Crippen molar-refractivity contribution in [2.45, 2.75) is 231 Å². The number of hydrogen-bond acceptors (Lipinski definition) is 6. The number of hydrogen-bond donors (Lipinski definition) is 2. The average Bonchev–Trinajstić information content (AvgIpc) is 3.34. The zero-order valence-electron chi connectivity index (χ0n) is 46.8. The lowest BCUT2D eigenvalue weighted by Crippen LogP contribution is -2.45. The van der Waals surface area contributed by atoms with Gasteiger partial charge in [-0.05, 0) is 96.3 Å². The fourth-order valence-corrected chi connectivity index (χ4v) is 8.37. The number of nitrogens with one attached hydrogen (secondary N) is 1. The number of unbranched alkanes of at least 4 members (excludes halogenated alkanes) is 20. The second kappa shape index (κ2) is 52.8. The summed E-state index contributed by atoms with van der Waals surface area (Å²) in [7, 11) is 1.18. The van der Waals surface area contributed by atoms with Gasteiger partial charge in [-0.25, -0.2) is 0 Å². The van der Waals surface area contributed by atoms with E-state index in [1.54, 1.807) is 6.08 Å². The first-order chi connectivity index (χ1) is 35.0. The zero-order valence-corrected chi connectivity index (χ0v) is 47.7. The van der Waals surface area contributed by atoms with Gasteiger partial charge in [0.05, 0.1) is 39.9 Å². The highest BCUT2D eigenvalue weighted by Crippen LogP contribution is 2.38. The van der Waals surface area contributed by atoms with E-state index in [0.29, 0.717) is 23.9 Å². The predicted molar refractivity (Wildman–Crippen MR) is 311 cm³/mol. The van der Waals surface area contributed by atoms with Crippen molar-refractivity contribution in [1.82, 2.24) is 5.32 Å². The summed E-state index contributed by atoms with van der Waals surface area (Å²) in [6.45, 7) is 4.46. The Morgan fingerprint density at radius 3 is 1.29 bits per heavy atom. The van der Waals surface area contributed by atoms with E-state index in [2.05, 4.69) is 129 Å². The quantitative estimate of drug-likeness (QED) is 0.0272. The van der Waals surface area contributed by atoms with Gasteiger partial charge in [-0.3, -0.25) is 9.36 Å². The molecule has 0 aromatic heterocycles. The van der Waals surface area contributed by atoms with E-state index in [1.807, 2.05) is 27.2 Å². The number of aliphatic hydroxyl groups is 1. The average molecular weight is 1020 g/mol. The fraction of sp³-hybridized carbons (Fsp3) is 0.667. The number of quaternary nitrogens is 1. The normalized spacial score (nSPS) is 14.8. The second-order valence-corrected chi connectivity index (χ2v) is 21.7. The minimum absolute atomic E-state index is 0.0270. The van der Waals surface area contributed by atoms with Crippen molar-refractivity contribution in [3.8, 4) is 0 Å². The Morgan fingerprint density at radius 1 is 0.500 bits per heavy atom. The van der Waals surface area contributed by atoms with E-state index >= 15 is 0 Å². The Labute approximate surface area is 444 Å². The van der Waals surface area contributed by atoms with Crippen molar-refractivity contribution in [3.05, 3.63) is 122 Å². The molecule has 412 valence electrons. The molecule has 0 radical (unpaired) electrons. The molecule has 0 aliphatic carbocycles. The molecule has 0 saturated heterocycles. The zero-order chi connectivity index (χ0) is 52.7. The van der Waals surface area contributed by atoms with Crippen LogP contribution in [-0.2, 0) is 18.4 Å². The van der Waals surface area contributed by atoms with Crippen LogP contribution >= 0.6 is 7.82 Å². The maximum absolute atomic E-state index is 12.9. The predicted octanol–water partition coefficient (Wildman–Crippen LogP) is 17.1. The number of aliphatic hydroxyl groups excluding tert-OH is 1. The maximum Gasteiger partial charge on any atom is 0.268 e. The number of carbonyl (C=O) groups excluding carboxylic acids is 1. The van der Waals surface area contributed by atoms with E-state index < -0.39 is 26.6 Å². The van der Waals surface area contributed by atoms with Gasteiger partial charge >= 0.3 is 0 Å². The standard InChI is InChI=1S/C63H109N2O6P/c1-6-8-10-12-14-16-18-20-22-24-26-28-30-31-32-33-35-36-38-40-42-44-46-48-50-52-54-56-62(66)61(60-71-72(68,69)70-59-58-65(3,4)5)64-63(67)57-55-53-51-49-47-45-43-41-39-37-34-29-27-25-23-21-19-17-15-13-11-9-7-2/h9,11,15,17,21,23,27,29,37-40,43,45-46,48-49,51,54,56,61-62,66H,6-8,10,12-14,16,18-20,22,24-26,28,30-36,41-42,44,47,50,52-53,55,57-60H2,1-5H3,(H-,64,67,68,69)/b11-9-,17-15-,23-21-,29-27-,39-37-,40-38+,45-43-,48-46+,51-49-,56-54+. The number of amides is 1. The lowest BCUT2D eigenvalue weighted by molar-refractivity contribution is -0.870. The van der Waals surface area contributed by atoms with Crippen molar-refractivity contribution in [1.29, 1.82) is 0 Å². The number of likely N-dealkylation sites (N-methyl/N-ethyl adjacent to an activating group) is 1. The van der Waals surface area contributed by atoms with Crippen LogP contribution in [0.1, 0.15) is 219 Å². The summed E-state index contributed by atoms with van der Waals surface area (Å²) in [5.41, 5.74) is 0. The van der Waals surface area contributed by atoms with Crippen molar-refractivity contribution in [2.24, 2.45) is 0 Å². The minimum Gasteiger partial charge on any atom is -0.756 e. The third-order valence-corrected chi connectivity index (χ3v) is 13.1. The lowest BCUT2D eigenvalue weighted by Gasteiger charge is -2.29. The summed E-state index contributed by atoms with van der Waals surface area (Å²) in [6.07, 6.45) is 78.7. The van der Waals surface area contributed by atoms with Crippen molar-refractivity contribution >= 4 is 13.7 Å². The first kappa shape index (κ1) is 68.9. The molecule has 0 aromatic carbocycles. The molecule has 0 aliphatic rings. The SMILES string of the molecule is CC/C=C\C/C=C\C/C=C\C/C=C\C/C=C\C/C=C\C/C=C\CCCC(=O)NC(COP(=O)([O-])OCC[N+](C)(C)C)C(O)/C=C/CC/C=C/CC/C=C/CCCCCCCCCCCCCCCCCCC. The number of phosphoric acid groups is 1. The number of rotatable bonds is 51. The number of phosphoric ester groups is 1. The molecule has 0 rings (SSSR count). The van der Waals surface area contributed by atoms with Gasteiger partial charge < -0.3 is 28.8 Å². The van der Waals surface area contributed by atoms with E-state index in [-0.39, 0.29) is 18.9 Å². The van der Waals surface area contributed by atoms with Crippen LogP contribution in [0.3, 0.4) is 0 Å². The highest BCUT2D eigenvalue weighted by atomic mass is 31.2. The number of allylic oxidation sites excluding steroid dienone is 19. The van der Waals surface area contributed by atoms with Gasteiger partial charge in [0.2, 0.25) is 5.91 Å². The van der Waals surface area contributed by atoms with Gasteiger partial charge in [0.15, 0.2) is 0 Å². The van der Waals surface area contributed by atoms with Crippen molar-refractivity contribution in [3.63, 3.8) is 0 Å². The van der Waals surface area contributed by atoms with Crippen LogP contribution in [0.15, 0.2) is 122 Å².